The topological polar surface area (TPSA) is 59.3 Å². The van der Waals surface area contributed by atoms with Crippen LogP contribution < -0.4 is 4.74 Å². The molecule has 0 N–H and O–H groups in total. The van der Waals surface area contributed by atoms with E-state index >= 15 is 0 Å². The van der Waals surface area contributed by atoms with Crippen molar-refractivity contribution in [3.63, 3.8) is 0 Å². The molecule has 1 aromatic rings. The highest BCUT2D eigenvalue weighted by molar-refractivity contribution is 5.97. The molecule has 0 fully saturated rings. The molecule has 0 spiro atoms. The summed E-state index contributed by atoms with van der Waals surface area (Å²) < 4.78 is 9.85. The van der Waals surface area contributed by atoms with Gasteiger partial charge in [0.2, 0.25) is 0 Å². The van der Waals surface area contributed by atoms with E-state index in [4.69, 9.17) is 14.7 Å². The molecule has 0 aromatic heterocycles. The second-order valence-electron chi connectivity index (χ2n) is 3.33. The van der Waals surface area contributed by atoms with Gasteiger partial charge in [-0.1, -0.05) is 24.8 Å². The van der Waals surface area contributed by atoms with Crippen molar-refractivity contribution in [3.05, 3.63) is 48.1 Å². The first-order chi connectivity index (χ1) is 8.71. The Bertz CT molecular complexity index is 512. The lowest BCUT2D eigenvalue weighted by Crippen LogP contribution is -2.06. The van der Waals surface area contributed by atoms with Crippen LogP contribution in [0.4, 0.5) is 0 Å². The van der Waals surface area contributed by atoms with Crippen LogP contribution >= 0.6 is 0 Å². The van der Waals surface area contributed by atoms with E-state index in [2.05, 4.69) is 6.58 Å². The Morgan fingerprint density at radius 1 is 1.56 bits per heavy atom. The zero-order valence-electron chi connectivity index (χ0n) is 10.1. The summed E-state index contributed by atoms with van der Waals surface area (Å²) in [5, 5.41) is 8.91. The van der Waals surface area contributed by atoms with Gasteiger partial charge in [-0.15, -0.1) is 0 Å². The Hall–Kier alpha value is -2.54. The second-order valence-corrected chi connectivity index (χ2v) is 3.33. The summed E-state index contributed by atoms with van der Waals surface area (Å²) in [7, 11) is 1.55. The average Bonchev–Trinajstić information content (AvgIpc) is 2.42. The lowest BCUT2D eigenvalue weighted by molar-refractivity contribution is -0.137. The van der Waals surface area contributed by atoms with Crippen LogP contribution in [0.2, 0.25) is 0 Å². The molecular formula is C14H13NO3. The van der Waals surface area contributed by atoms with Gasteiger partial charge in [0.15, 0.2) is 0 Å². The van der Waals surface area contributed by atoms with Crippen molar-refractivity contribution in [1.29, 1.82) is 5.26 Å². The van der Waals surface area contributed by atoms with Crippen molar-refractivity contribution < 1.29 is 14.3 Å². The van der Waals surface area contributed by atoms with E-state index in [1.807, 2.05) is 6.07 Å². The SMILES string of the molecule is C=CCOC(=O)C(C#N)=Cc1cccc(OC)c1. The van der Waals surface area contributed by atoms with E-state index in [0.717, 1.165) is 0 Å². The molecule has 0 aliphatic rings. The fraction of sp³-hybridized carbons (Fsp3) is 0.143. The molecule has 0 bridgehead atoms. The third-order valence-corrected chi connectivity index (χ3v) is 2.08. The Labute approximate surface area is 106 Å². The van der Waals surface area contributed by atoms with Crippen LogP contribution in [-0.4, -0.2) is 19.7 Å². The normalized spacial score (nSPS) is 10.3. The van der Waals surface area contributed by atoms with Gasteiger partial charge in [0, 0.05) is 0 Å². The van der Waals surface area contributed by atoms with Gasteiger partial charge in [0.25, 0.3) is 0 Å². The van der Waals surface area contributed by atoms with E-state index in [-0.39, 0.29) is 12.2 Å². The van der Waals surface area contributed by atoms with Crippen molar-refractivity contribution >= 4 is 12.0 Å². The van der Waals surface area contributed by atoms with Crippen molar-refractivity contribution in [2.75, 3.05) is 13.7 Å². The fourth-order valence-electron chi connectivity index (χ4n) is 1.25. The van der Waals surface area contributed by atoms with Gasteiger partial charge in [-0.25, -0.2) is 4.79 Å². The van der Waals surface area contributed by atoms with E-state index in [1.54, 1.807) is 31.4 Å². The summed E-state index contributed by atoms with van der Waals surface area (Å²) in [5.74, 6) is -0.0132. The number of ether oxygens (including phenoxy) is 2. The number of carbonyl (C=O) groups is 1. The van der Waals surface area contributed by atoms with Crippen molar-refractivity contribution in [2.24, 2.45) is 0 Å². The molecular weight excluding hydrogens is 230 g/mol. The molecule has 0 aliphatic carbocycles. The molecule has 0 saturated carbocycles. The maximum Gasteiger partial charge on any atom is 0.349 e. The number of hydrogen-bond acceptors (Lipinski definition) is 4. The average molecular weight is 243 g/mol. The lowest BCUT2D eigenvalue weighted by Gasteiger charge is -2.02. The third-order valence-electron chi connectivity index (χ3n) is 2.08. The summed E-state index contributed by atoms with van der Waals surface area (Å²) >= 11 is 0. The molecule has 0 aliphatic heterocycles. The van der Waals surface area contributed by atoms with E-state index in [1.165, 1.54) is 12.2 Å². The van der Waals surface area contributed by atoms with Gasteiger partial charge >= 0.3 is 5.97 Å². The monoisotopic (exact) mass is 243 g/mol. The minimum Gasteiger partial charge on any atom is -0.497 e. The van der Waals surface area contributed by atoms with Gasteiger partial charge < -0.3 is 9.47 Å². The Balaban J connectivity index is 2.93. The van der Waals surface area contributed by atoms with Crippen LogP contribution in [0.5, 0.6) is 5.75 Å². The number of methoxy groups -OCH3 is 1. The van der Waals surface area contributed by atoms with Crippen LogP contribution in [0.15, 0.2) is 42.5 Å². The van der Waals surface area contributed by atoms with Gasteiger partial charge in [-0.2, -0.15) is 5.26 Å². The zero-order chi connectivity index (χ0) is 13.4. The number of carbonyl (C=O) groups excluding carboxylic acids is 1. The number of hydrogen-bond donors (Lipinski definition) is 0. The maximum atomic E-state index is 11.5. The van der Waals surface area contributed by atoms with Crippen LogP contribution in [0, 0.1) is 11.3 Å². The Kier molecular flexibility index (Phi) is 5.20. The van der Waals surface area contributed by atoms with Gasteiger partial charge in [0.1, 0.15) is 24.0 Å². The van der Waals surface area contributed by atoms with E-state index in [0.29, 0.717) is 11.3 Å². The molecule has 92 valence electrons. The first-order valence-corrected chi connectivity index (χ1v) is 5.25. The molecule has 0 unspecified atom stereocenters. The highest BCUT2D eigenvalue weighted by Gasteiger charge is 2.09. The second kappa shape index (κ2) is 6.92. The van der Waals surface area contributed by atoms with Crippen LogP contribution in [-0.2, 0) is 9.53 Å². The molecule has 1 rings (SSSR count). The van der Waals surface area contributed by atoms with Crippen molar-refractivity contribution in [2.45, 2.75) is 0 Å². The lowest BCUT2D eigenvalue weighted by atomic mass is 10.1. The van der Waals surface area contributed by atoms with E-state index < -0.39 is 5.97 Å². The molecule has 4 nitrogen and oxygen atoms in total. The molecule has 0 atom stereocenters. The van der Waals surface area contributed by atoms with Gasteiger partial charge in [-0.3, -0.25) is 0 Å². The highest BCUT2D eigenvalue weighted by atomic mass is 16.5. The van der Waals surface area contributed by atoms with Crippen molar-refractivity contribution in [1.82, 2.24) is 0 Å². The molecule has 18 heavy (non-hydrogen) atoms. The summed E-state index contributed by atoms with van der Waals surface area (Å²) in [4.78, 5) is 11.5. The molecule has 0 saturated heterocycles. The summed E-state index contributed by atoms with van der Waals surface area (Å²) in [6.45, 7) is 3.51. The number of rotatable bonds is 5. The van der Waals surface area contributed by atoms with E-state index in [9.17, 15) is 4.79 Å². The number of esters is 1. The summed E-state index contributed by atoms with van der Waals surface area (Å²) in [5.41, 5.74) is 0.631. The summed E-state index contributed by atoms with van der Waals surface area (Å²) in [6.07, 6.45) is 2.90. The Morgan fingerprint density at radius 2 is 2.33 bits per heavy atom. The smallest absolute Gasteiger partial charge is 0.349 e. The fourth-order valence-corrected chi connectivity index (χ4v) is 1.25. The van der Waals surface area contributed by atoms with Gasteiger partial charge in [0.05, 0.1) is 7.11 Å². The van der Waals surface area contributed by atoms with Crippen LogP contribution in [0.1, 0.15) is 5.56 Å². The molecule has 0 radical (unpaired) electrons. The molecule has 4 heteroatoms. The van der Waals surface area contributed by atoms with Crippen molar-refractivity contribution in [3.8, 4) is 11.8 Å². The predicted molar refractivity (Wildman–Crippen MR) is 67.7 cm³/mol. The minimum absolute atomic E-state index is 0.0647. The van der Waals surface area contributed by atoms with Gasteiger partial charge in [-0.05, 0) is 23.8 Å². The molecule has 1 aromatic carbocycles. The summed E-state index contributed by atoms with van der Waals surface area (Å²) in [6, 6.07) is 8.84. The number of nitriles is 1. The highest BCUT2D eigenvalue weighted by Crippen LogP contribution is 2.15. The number of benzene rings is 1. The third kappa shape index (κ3) is 3.80. The number of nitrogens with zero attached hydrogens (tertiary/aromatic N) is 1. The largest absolute Gasteiger partial charge is 0.497 e. The molecule has 0 heterocycles. The minimum atomic E-state index is -0.666. The van der Waals surface area contributed by atoms with Crippen LogP contribution in [0.25, 0.3) is 6.08 Å². The van der Waals surface area contributed by atoms with Crippen LogP contribution in [0.3, 0.4) is 0 Å². The standard InChI is InChI=1S/C14H13NO3/c1-3-7-18-14(16)12(10-15)8-11-5-4-6-13(9-11)17-2/h3-6,8-9H,1,7H2,2H3. The molecule has 0 amide bonds. The maximum absolute atomic E-state index is 11.5. The zero-order valence-corrected chi connectivity index (χ0v) is 10.1. The first kappa shape index (κ1) is 13.5. The first-order valence-electron chi connectivity index (χ1n) is 5.25. The quantitative estimate of drug-likeness (QED) is 0.344. The Morgan fingerprint density at radius 3 is 2.94 bits per heavy atom. The predicted octanol–water partition coefficient (Wildman–Crippen LogP) is 2.33.